The molecule has 0 radical (unpaired) electrons. The zero-order valence-corrected chi connectivity index (χ0v) is 15.0. The van der Waals surface area contributed by atoms with Crippen LogP contribution >= 0.6 is 0 Å². The van der Waals surface area contributed by atoms with Crippen molar-refractivity contribution in [3.8, 4) is 11.5 Å². The van der Waals surface area contributed by atoms with Crippen LogP contribution in [0.25, 0.3) is 0 Å². The number of carbonyl (C=O) groups is 1. The largest absolute Gasteiger partial charge is 0.457 e. The third-order valence-corrected chi connectivity index (χ3v) is 4.43. The van der Waals surface area contributed by atoms with Gasteiger partial charge in [0.05, 0.1) is 12.6 Å². The minimum Gasteiger partial charge on any atom is -0.457 e. The molecule has 1 heterocycles. The first-order valence-corrected chi connectivity index (χ1v) is 9.10. The van der Waals surface area contributed by atoms with E-state index in [-0.39, 0.29) is 11.9 Å². The zero-order chi connectivity index (χ0) is 17.6. The summed E-state index contributed by atoms with van der Waals surface area (Å²) in [7, 11) is 0. The van der Waals surface area contributed by atoms with Crippen molar-refractivity contribution in [2.24, 2.45) is 0 Å². The number of hydrogen-bond donors (Lipinski definition) is 1. The van der Waals surface area contributed by atoms with E-state index in [1.54, 1.807) is 0 Å². The SMILES string of the molecule is CCCN(CCC)CC(=O)NC1c2ccccc2Oc2ccccc21. The quantitative estimate of drug-likeness (QED) is 0.826. The Morgan fingerprint density at radius 2 is 1.48 bits per heavy atom. The van der Waals surface area contributed by atoms with Crippen LogP contribution in [0.1, 0.15) is 43.9 Å². The fraction of sp³-hybridized carbons (Fsp3) is 0.381. The van der Waals surface area contributed by atoms with E-state index < -0.39 is 0 Å². The van der Waals surface area contributed by atoms with Gasteiger partial charge in [0.15, 0.2) is 0 Å². The summed E-state index contributed by atoms with van der Waals surface area (Å²) in [6, 6.07) is 15.6. The van der Waals surface area contributed by atoms with Crippen molar-refractivity contribution in [3.05, 3.63) is 59.7 Å². The summed E-state index contributed by atoms with van der Waals surface area (Å²) < 4.78 is 5.99. The van der Waals surface area contributed by atoms with Crippen LogP contribution in [0.5, 0.6) is 11.5 Å². The van der Waals surface area contributed by atoms with Crippen LogP contribution in [0.3, 0.4) is 0 Å². The van der Waals surface area contributed by atoms with Gasteiger partial charge in [0.25, 0.3) is 0 Å². The molecule has 0 aliphatic carbocycles. The second-order valence-electron chi connectivity index (χ2n) is 6.45. The van der Waals surface area contributed by atoms with Crippen molar-refractivity contribution < 1.29 is 9.53 Å². The molecule has 1 aliphatic rings. The van der Waals surface area contributed by atoms with Gasteiger partial charge in [-0.15, -0.1) is 0 Å². The van der Waals surface area contributed by atoms with Crippen LogP contribution in [0.15, 0.2) is 48.5 Å². The van der Waals surface area contributed by atoms with E-state index in [0.29, 0.717) is 6.54 Å². The molecule has 0 saturated carbocycles. The summed E-state index contributed by atoms with van der Waals surface area (Å²) in [5, 5.41) is 3.22. The molecule has 0 saturated heterocycles. The number of nitrogens with one attached hydrogen (secondary N) is 1. The Morgan fingerprint density at radius 3 is 2.00 bits per heavy atom. The molecule has 0 atom stereocenters. The van der Waals surface area contributed by atoms with Crippen LogP contribution < -0.4 is 10.1 Å². The number of para-hydroxylation sites is 2. The first-order chi connectivity index (χ1) is 12.2. The number of amides is 1. The molecule has 1 N–H and O–H groups in total. The van der Waals surface area contributed by atoms with E-state index >= 15 is 0 Å². The highest BCUT2D eigenvalue weighted by Gasteiger charge is 2.28. The number of ether oxygens (including phenoxy) is 1. The van der Waals surface area contributed by atoms with Gasteiger partial charge in [0, 0.05) is 11.1 Å². The van der Waals surface area contributed by atoms with Crippen LogP contribution in [0.4, 0.5) is 0 Å². The van der Waals surface area contributed by atoms with Crippen LogP contribution in [-0.4, -0.2) is 30.4 Å². The lowest BCUT2D eigenvalue weighted by Gasteiger charge is -2.29. The molecule has 4 nitrogen and oxygen atoms in total. The number of fused-ring (bicyclic) bond motifs is 2. The molecule has 4 heteroatoms. The van der Waals surface area contributed by atoms with Crippen LogP contribution in [-0.2, 0) is 4.79 Å². The highest BCUT2D eigenvalue weighted by molar-refractivity contribution is 5.79. The molecule has 132 valence electrons. The minimum absolute atomic E-state index is 0.0541. The first-order valence-electron chi connectivity index (χ1n) is 9.10. The summed E-state index contributed by atoms with van der Waals surface area (Å²) in [4.78, 5) is 14.9. The topological polar surface area (TPSA) is 41.6 Å². The Kier molecular flexibility index (Phi) is 5.71. The maximum atomic E-state index is 12.7. The van der Waals surface area contributed by atoms with Gasteiger partial charge in [-0.1, -0.05) is 50.2 Å². The number of benzene rings is 2. The van der Waals surface area contributed by atoms with Crippen molar-refractivity contribution in [2.75, 3.05) is 19.6 Å². The third kappa shape index (κ3) is 4.02. The van der Waals surface area contributed by atoms with E-state index in [1.165, 1.54) is 0 Å². The Bertz CT molecular complexity index is 678. The van der Waals surface area contributed by atoms with Crippen molar-refractivity contribution in [2.45, 2.75) is 32.7 Å². The number of carbonyl (C=O) groups excluding carboxylic acids is 1. The Morgan fingerprint density at radius 1 is 0.960 bits per heavy atom. The Balaban J connectivity index is 1.81. The number of rotatable bonds is 7. The molecule has 25 heavy (non-hydrogen) atoms. The lowest BCUT2D eigenvalue weighted by molar-refractivity contribution is -0.122. The van der Waals surface area contributed by atoms with Gasteiger partial charge in [-0.25, -0.2) is 0 Å². The lowest BCUT2D eigenvalue weighted by atomic mass is 9.94. The Labute approximate surface area is 149 Å². The maximum Gasteiger partial charge on any atom is 0.234 e. The van der Waals surface area contributed by atoms with Gasteiger partial charge < -0.3 is 10.1 Å². The van der Waals surface area contributed by atoms with E-state index in [4.69, 9.17) is 4.74 Å². The van der Waals surface area contributed by atoms with Gasteiger partial charge in [0.2, 0.25) is 5.91 Å². The van der Waals surface area contributed by atoms with Gasteiger partial charge in [0.1, 0.15) is 11.5 Å². The van der Waals surface area contributed by atoms with Gasteiger partial charge in [-0.2, -0.15) is 0 Å². The van der Waals surface area contributed by atoms with Crippen molar-refractivity contribution in [1.29, 1.82) is 0 Å². The summed E-state index contributed by atoms with van der Waals surface area (Å²) >= 11 is 0. The predicted molar refractivity (Wildman–Crippen MR) is 100.0 cm³/mol. The van der Waals surface area contributed by atoms with Crippen molar-refractivity contribution in [1.82, 2.24) is 10.2 Å². The smallest absolute Gasteiger partial charge is 0.234 e. The predicted octanol–water partition coefficient (Wildman–Crippen LogP) is 4.12. The molecule has 2 aromatic rings. The molecule has 1 amide bonds. The van der Waals surface area contributed by atoms with Gasteiger partial charge >= 0.3 is 0 Å². The Hall–Kier alpha value is -2.33. The average Bonchev–Trinajstić information content (AvgIpc) is 2.62. The zero-order valence-electron chi connectivity index (χ0n) is 15.0. The molecule has 0 bridgehead atoms. The van der Waals surface area contributed by atoms with Crippen LogP contribution in [0, 0.1) is 0 Å². The van der Waals surface area contributed by atoms with E-state index in [9.17, 15) is 4.79 Å². The normalized spacial score (nSPS) is 13.1. The average molecular weight is 338 g/mol. The molecular formula is C21H26N2O2. The summed E-state index contributed by atoms with van der Waals surface area (Å²) in [6.45, 7) is 6.62. The van der Waals surface area contributed by atoms with E-state index in [2.05, 4.69) is 24.1 Å². The monoisotopic (exact) mass is 338 g/mol. The van der Waals surface area contributed by atoms with Gasteiger partial charge in [-0.3, -0.25) is 9.69 Å². The fourth-order valence-corrected chi connectivity index (χ4v) is 3.38. The van der Waals surface area contributed by atoms with Crippen molar-refractivity contribution >= 4 is 5.91 Å². The first kappa shape index (κ1) is 17.5. The number of nitrogens with zero attached hydrogens (tertiary/aromatic N) is 1. The third-order valence-electron chi connectivity index (χ3n) is 4.43. The molecule has 0 aromatic heterocycles. The molecule has 2 aromatic carbocycles. The highest BCUT2D eigenvalue weighted by atomic mass is 16.5. The number of hydrogen-bond acceptors (Lipinski definition) is 3. The second-order valence-corrected chi connectivity index (χ2v) is 6.45. The fourth-order valence-electron chi connectivity index (χ4n) is 3.38. The summed E-state index contributed by atoms with van der Waals surface area (Å²) in [6.07, 6.45) is 2.10. The highest BCUT2D eigenvalue weighted by Crippen LogP contribution is 2.42. The molecular weight excluding hydrogens is 312 g/mol. The molecule has 3 rings (SSSR count). The maximum absolute atomic E-state index is 12.7. The summed E-state index contributed by atoms with van der Waals surface area (Å²) in [5.41, 5.74) is 2.01. The van der Waals surface area contributed by atoms with Gasteiger partial charge in [-0.05, 0) is 38.1 Å². The summed E-state index contributed by atoms with van der Waals surface area (Å²) in [5.74, 6) is 1.68. The van der Waals surface area contributed by atoms with E-state index in [0.717, 1.165) is 48.6 Å². The molecule has 0 spiro atoms. The molecule has 1 aliphatic heterocycles. The lowest BCUT2D eigenvalue weighted by Crippen LogP contribution is -2.40. The molecule has 0 unspecified atom stereocenters. The van der Waals surface area contributed by atoms with E-state index in [1.807, 2.05) is 48.5 Å². The van der Waals surface area contributed by atoms with Crippen molar-refractivity contribution in [3.63, 3.8) is 0 Å². The second kappa shape index (κ2) is 8.17. The van der Waals surface area contributed by atoms with Crippen LogP contribution in [0.2, 0.25) is 0 Å². The molecule has 0 fully saturated rings. The standard InChI is InChI=1S/C21H26N2O2/c1-3-13-23(14-4-2)15-20(24)22-21-16-9-5-7-11-18(16)25-19-12-8-6-10-17(19)21/h5-12,21H,3-4,13-15H2,1-2H3,(H,22,24). The minimum atomic E-state index is -0.168.